The lowest BCUT2D eigenvalue weighted by molar-refractivity contribution is 1.16. The molecule has 0 atom stereocenters. The lowest BCUT2D eigenvalue weighted by atomic mass is 9.89. The van der Waals surface area contributed by atoms with E-state index in [4.69, 9.17) is 4.98 Å². The summed E-state index contributed by atoms with van der Waals surface area (Å²) in [5.74, 6) is 0. The fourth-order valence-electron chi connectivity index (χ4n) is 17.4. The van der Waals surface area contributed by atoms with Gasteiger partial charge in [-0.2, -0.15) is 5.26 Å². The Hall–Kier alpha value is -14.3. The molecular formula is C96H58N8. The minimum atomic E-state index is 0.587. The van der Waals surface area contributed by atoms with Crippen molar-refractivity contribution in [2.45, 2.75) is 0 Å². The zero-order chi connectivity index (χ0) is 68.3. The monoisotopic (exact) mass is 1320 g/mol. The molecule has 0 fully saturated rings. The number of para-hydroxylation sites is 8. The predicted octanol–water partition coefficient (Wildman–Crippen LogP) is 24.5. The highest BCUT2D eigenvalue weighted by Crippen LogP contribution is 2.45. The highest BCUT2D eigenvalue weighted by atomic mass is 15.0. The molecule has 8 nitrogen and oxygen atoms in total. The van der Waals surface area contributed by atoms with Gasteiger partial charge >= 0.3 is 0 Å². The average Bonchev–Trinajstić information content (AvgIpc) is 1.58. The molecule has 0 saturated carbocycles. The number of hydrogen-bond donors (Lipinski definition) is 0. The number of benzene rings is 15. The van der Waals surface area contributed by atoms with E-state index in [2.05, 4.69) is 361 Å². The molecule has 482 valence electrons. The number of hydrogen-bond acceptors (Lipinski definition) is 2. The van der Waals surface area contributed by atoms with E-state index < -0.39 is 0 Å². The molecule has 0 aliphatic rings. The topological polar surface area (TPSA) is 66.3 Å². The number of fused-ring (bicyclic) bond motifs is 18. The van der Waals surface area contributed by atoms with E-state index in [0.29, 0.717) is 5.56 Å². The van der Waals surface area contributed by atoms with Gasteiger partial charge in [-0.15, -0.1) is 0 Å². The summed E-state index contributed by atoms with van der Waals surface area (Å²) in [6.07, 6.45) is 1.84. The van der Waals surface area contributed by atoms with Crippen LogP contribution in [-0.4, -0.2) is 32.4 Å². The predicted molar refractivity (Wildman–Crippen MR) is 431 cm³/mol. The van der Waals surface area contributed by atoms with Crippen molar-refractivity contribution in [1.29, 1.82) is 5.26 Å². The third-order valence-corrected chi connectivity index (χ3v) is 21.9. The Morgan fingerprint density at radius 1 is 0.202 bits per heavy atom. The Morgan fingerprint density at radius 3 is 0.683 bits per heavy atom. The lowest BCUT2D eigenvalue weighted by Crippen LogP contribution is -1.98. The van der Waals surface area contributed by atoms with Crippen LogP contribution in [0.5, 0.6) is 0 Å². The number of rotatable bonds is 9. The summed E-state index contributed by atoms with van der Waals surface area (Å²) in [6, 6.07) is 128. The van der Waals surface area contributed by atoms with Crippen molar-refractivity contribution in [2.75, 3.05) is 0 Å². The summed E-state index contributed by atoms with van der Waals surface area (Å²) in [4.78, 5) is 4.90. The first-order valence-corrected chi connectivity index (χ1v) is 35.4. The fourth-order valence-corrected chi connectivity index (χ4v) is 17.4. The molecule has 0 amide bonds. The first kappa shape index (κ1) is 57.6. The van der Waals surface area contributed by atoms with Gasteiger partial charge in [0.15, 0.2) is 0 Å². The first-order valence-electron chi connectivity index (χ1n) is 35.4. The summed E-state index contributed by atoms with van der Waals surface area (Å²) < 4.78 is 14.4. The molecule has 0 unspecified atom stereocenters. The van der Waals surface area contributed by atoms with Crippen molar-refractivity contribution in [3.8, 4) is 73.7 Å². The van der Waals surface area contributed by atoms with Crippen LogP contribution >= 0.6 is 0 Å². The van der Waals surface area contributed by atoms with Crippen molar-refractivity contribution in [2.24, 2.45) is 0 Å². The summed E-state index contributed by atoms with van der Waals surface area (Å²) in [5, 5.41) is 26.0. The molecule has 0 aliphatic heterocycles. The van der Waals surface area contributed by atoms with E-state index in [1.807, 2.05) is 24.4 Å². The highest BCUT2D eigenvalue weighted by Gasteiger charge is 2.24. The average molecular weight is 1320 g/mol. The van der Waals surface area contributed by atoms with Crippen molar-refractivity contribution in [3.63, 3.8) is 0 Å². The van der Waals surface area contributed by atoms with Gasteiger partial charge in [0, 0.05) is 122 Å². The largest absolute Gasteiger partial charge is 0.309 e. The van der Waals surface area contributed by atoms with Gasteiger partial charge in [-0.05, 0) is 181 Å². The molecule has 22 aromatic rings. The third kappa shape index (κ3) is 8.44. The number of aromatic nitrogens is 7. The number of nitriles is 1. The van der Waals surface area contributed by atoms with Gasteiger partial charge in [0.05, 0.1) is 77.5 Å². The molecule has 7 heterocycles. The van der Waals surface area contributed by atoms with Crippen LogP contribution < -0.4 is 0 Å². The van der Waals surface area contributed by atoms with Crippen LogP contribution in [-0.2, 0) is 0 Å². The Kier molecular flexibility index (Phi) is 12.4. The van der Waals surface area contributed by atoms with E-state index in [-0.39, 0.29) is 0 Å². The quantitative estimate of drug-likeness (QED) is 0.145. The van der Waals surface area contributed by atoms with Gasteiger partial charge in [-0.1, -0.05) is 176 Å². The molecule has 22 rings (SSSR count). The van der Waals surface area contributed by atoms with E-state index in [9.17, 15) is 5.26 Å². The van der Waals surface area contributed by atoms with Crippen LogP contribution in [0.4, 0.5) is 0 Å². The van der Waals surface area contributed by atoms with E-state index >= 15 is 0 Å². The van der Waals surface area contributed by atoms with Gasteiger partial charge in [0.25, 0.3) is 0 Å². The second-order valence-electron chi connectivity index (χ2n) is 27.3. The van der Waals surface area contributed by atoms with Crippen molar-refractivity contribution >= 4 is 131 Å². The normalized spacial score (nSPS) is 12.0. The van der Waals surface area contributed by atoms with Gasteiger partial charge in [0.1, 0.15) is 6.07 Å². The molecular weight excluding hydrogens is 1270 g/mol. The van der Waals surface area contributed by atoms with E-state index in [1.165, 1.54) is 87.2 Å². The molecule has 0 N–H and O–H groups in total. The SMILES string of the molecule is N#Cc1c(-c2ccc(-n3c4ccc(-n5c6ccccc6c6ccccc65)cc4c4cc(-n5c6ccccc6c6ccccc65)ccc43)cc2)cc(-c2ccccn2)cc1-c1ccc(-n2c3ccc(-n4c5ccccc5c5ccccc54)cc3c3cc(-n4c5ccccc5c5ccccc54)ccc32)cc1. The minimum Gasteiger partial charge on any atom is -0.309 e. The van der Waals surface area contributed by atoms with Crippen LogP contribution in [0, 0.1) is 11.3 Å². The van der Waals surface area contributed by atoms with E-state index in [0.717, 1.165) is 111 Å². The van der Waals surface area contributed by atoms with Crippen molar-refractivity contribution in [1.82, 2.24) is 32.4 Å². The second kappa shape index (κ2) is 22.4. The van der Waals surface area contributed by atoms with Gasteiger partial charge in [-0.3, -0.25) is 4.98 Å². The summed E-state index contributed by atoms with van der Waals surface area (Å²) in [5.41, 5.74) is 25.9. The van der Waals surface area contributed by atoms with Gasteiger partial charge in [-0.25, -0.2) is 0 Å². The molecule has 15 aromatic carbocycles. The number of pyridine rings is 1. The van der Waals surface area contributed by atoms with Crippen LogP contribution in [0.3, 0.4) is 0 Å². The van der Waals surface area contributed by atoms with E-state index in [1.54, 1.807) is 0 Å². The summed E-state index contributed by atoms with van der Waals surface area (Å²) in [7, 11) is 0. The van der Waals surface area contributed by atoms with Crippen molar-refractivity contribution in [3.05, 3.63) is 358 Å². The molecule has 8 heteroatoms. The van der Waals surface area contributed by atoms with Gasteiger partial charge in [0.2, 0.25) is 0 Å². The van der Waals surface area contributed by atoms with Crippen LogP contribution in [0.15, 0.2) is 352 Å². The minimum absolute atomic E-state index is 0.587. The van der Waals surface area contributed by atoms with Crippen molar-refractivity contribution < 1.29 is 0 Å². The molecule has 104 heavy (non-hydrogen) atoms. The summed E-state index contributed by atoms with van der Waals surface area (Å²) in [6.45, 7) is 0. The zero-order valence-electron chi connectivity index (χ0n) is 56.1. The smallest absolute Gasteiger partial charge is 0.100 e. The van der Waals surface area contributed by atoms with Crippen LogP contribution in [0.2, 0.25) is 0 Å². The maximum atomic E-state index is 11.6. The molecule has 0 radical (unpaired) electrons. The lowest BCUT2D eigenvalue weighted by Gasteiger charge is -2.16. The second-order valence-corrected chi connectivity index (χ2v) is 27.3. The summed E-state index contributed by atoms with van der Waals surface area (Å²) >= 11 is 0. The zero-order valence-corrected chi connectivity index (χ0v) is 56.1. The molecule has 0 aliphatic carbocycles. The molecule has 0 saturated heterocycles. The van der Waals surface area contributed by atoms with Crippen LogP contribution in [0.25, 0.3) is 198 Å². The third-order valence-electron chi connectivity index (χ3n) is 21.9. The molecule has 7 aromatic heterocycles. The fraction of sp³-hybridized carbons (Fsp3) is 0. The maximum absolute atomic E-state index is 11.6. The Labute approximate surface area is 596 Å². The van der Waals surface area contributed by atoms with Crippen LogP contribution in [0.1, 0.15) is 5.56 Å². The highest BCUT2D eigenvalue weighted by molar-refractivity contribution is 6.17. The Balaban J connectivity index is 0.689. The molecule has 0 spiro atoms. The Bertz CT molecular complexity index is 6440. The standard InChI is InChI=1S/C96H58N8/c97-59-83-77(60-36-40-63(41-37-60)99-93-48-44-65(101-85-28-9-1-19-69(85)70-20-2-10-29-86(70)101)55-79(93)80-56-66(45-49-94(80)99)102-87-30-11-3-21-71(87)72-22-4-12-31-88(72)102)53-62(84-27-17-18-52-98-84)54-78(83)61-38-42-64(43-39-61)100-95-50-46-67(103-89-32-13-5-23-73(89)74-24-6-14-33-90(74)103)57-81(95)82-58-68(47-51-96(82)100)104-91-34-15-7-25-75(91)76-26-8-16-35-92(76)104/h1-58H. The first-order chi connectivity index (χ1) is 51.6. The van der Waals surface area contributed by atoms with Gasteiger partial charge < -0.3 is 27.4 Å². The number of nitrogens with zero attached hydrogens (tertiary/aromatic N) is 8. The Morgan fingerprint density at radius 2 is 0.433 bits per heavy atom. The molecule has 0 bridgehead atoms. The maximum Gasteiger partial charge on any atom is 0.100 e.